The van der Waals surface area contributed by atoms with Crippen molar-refractivity contribution in [3.63, 3.8) is 0 Å². The Balaban J connectivity index is 2.53. The van der Waals surface area contributed by atoms with E-state index in [0.717, 1.165) is 19.3 Å². The van der Waals surface area contributed by atoms with Gasteiger partial charge in [0, 0.05) is 5.41 Å². The molecule has 1 aliphatic rings. The number of hydrogen-bond donors (Lipinski definition) is 0. The second-order valence-corrected chi connectivity index (χ2v) is 6.13. The number of halogens is 1. The molecule has 5 heteroatoms. The summed E-state index contributed by atoms with van der Waals surface area (Å²) in [6.07, 6.45) is 1.91. The molecule has 0 bridgehead atoms. The summed E-state index contributed by atoms with van der Waals surface area (Å²) in [5.41, 5.74) is -0.440. The van der Waals surface area contributed by atoms with Gasteiger partial charge in [-0.05, 0) is 6.42 Å². The van der Waals surface area contributed by atoms with E-state index in [0.29, 0.717) is 6.61 Å². The molecule has 1 rings (SSSR count). The van der Waals surface area contributed by atoms with Crippen LogP contribution in [0.3, 0.4) is 0 Å². The zero-order valence-electron chi connectivity index (χ0n) is 10.5. The van der Waals surface area contributed by atoms with E-state index in [-0.39, 0.29) is 10.8 Å². The molecule has 17 heavy (non-hydrogen) atoms. The quantitative estimate of drug-likeness (QED) is 0.578. The molecule has 1 saturated heterocycles. The third-order valence-corrected chi connectivity index (χ3v) is 3.64. The summed E-state index contributed by atoms with van der Waals surface area (Å²) in [5, 5.41) is 0. The maximum absolute atomic E-state index is 11.8. The second-order valence-electron chi connectivity index (χ2n) is 5.02. The van der Waals surface area contributed by atoms with Gasteiger partial charge in [-0.2, -0.15) is 0 Å². The predicted octanol–water partition coefficient (Wildman–Crippen LogP) is 2.43. The molecule has 0 N–H and O–H groups in total. The van der Waals surface area contributed by atoms with Gasteiger partial charge in [-0.25, -0.2) is 4.79 Å². The molecule has 1 fully saturated rings. The summed E-state index contributed by atoms with van der Waals surface area (Å²) in [4.78, 5) is 22.9. The average Bonchev–Trinajstić information content (AvgIpc) is 2.52. The monoisotopic (exact) mass is 306 g/mol. The van der Waals surface area contributed by atoms with Crippen LogP contribution in [0.4, 0.5) is 0 Å². The number of hydrogen-bond acceptors (Lipinski definition) is 4. The van der Waals surface area contributed by atoms with Gasteiger partial charge >= 0.3 is 11.9 Å². The predicted molar refractivity (Wildman–Crippen MR) is 66.9 cm³/mol. The largest absolute Gasteiger partial charge is 0.462 e. The minimum atomic E-state index is -0.781. The number of esters is 2. The highest BCUT2D eigenvalue weighted by molar-refractivity contribution is 9.10. The lowest BCUT2D eigenvalue weighted by atomic mass is 9.90. The van der Waals surface area contributed by atoms with Crippen LogP contribution < -0.4 is 0 Å². The molecule has 0 aromatic rings. The molecule has 0 aliphatic carbocycles. The maximum Gasteiger partial charge on any atom is 0.348 e. The molecule has 1 heterocycles. The van der Waals surface area contributed by atoms with Crippen LogP contribution in [0.25, 0.3) is 0 Å². The number of unbranched alkanes of at least 4 members (excludes halogenated alkanes) is 1. The van der Waals surface area contributed by atoms with E-state index < -0.39 is 17.5 Å². The fourth-order valence-corrected chi connectivity index (χ4v) is 2.06. The Bertz CT molecular complexity index is 301. The fraction of sp³-hybridized carbons (Fsp3) is 0.833. The fourth-order valence-electron chi connectivity index (χ4n) is 1.63. The van der Waals surface area contributed by atoms with Crippen molar-refractivity contribution in [3.05, 3.63) is 0 Å². The maximum atomic E-state index is 11.8. The van der Waals surface area contributed by atoms with Crippen molar-refractivity contribution in [3.8, 4) is 0 Å². The number of carbonyl (C=O) groups excluding carboxylic acids is 2. The van der Waals surface area contributed by atoms with Crippen LogP contribution in [0.1, 0.15) is 40.0 Å². The van der Waals surface area contributed by atoms with Crippen LogP contribution in [0.15, 0.2) is 0 Å². The van der Waals surface area contributed by atoms with Crippen LogP contribution >= 0.6 is 15.9 Å². The van der Waals surface area contributed by atoms with Gasteiger partial charge in [0.25, 0.3) is 0 Å². The van der Waals surface area contributed by atoms with Gasteiger partial charge in [-0.3, -0.25) is 4.79 Å². The van der Waals surface area contributed by atoms with Gasteiger partial charge in [0.05, 0.1) is 0 Å². The van der Waals surface area contributed by atoms with E-state index in [1.165, 1.54) is 0 Å². The lowest BCUT2D eigenvalue weighted by molar-refractivity contribution is -0.162. The Labute approximate surface area is 110 Å². The van der Waals surface area contributed by atoms with E-state index >= 15 is 0 Å². The normalized spacial score (nSPS) is 24.2. The first-order valence-corrected chi connectivity index (χ1v) is 6.81. The van der Waals surface area contributed by atoms with Crippen molar-refractivity contribution in [2.24, 2.45) is 5.41 Å². The third-order valence-electron chi connectivity index (χ3n) is 2.81. The van der Waals surface area contributed by atoms with E-state index in [2.05, 4.69) is 22.9 Å². The minimum Gasteiger partial charge on any atom is -0.462 e. The molecule has 0 amide bonds. The van der Waals surface area contributed by atoms with Crippen LogP contribution in [-0.2, 0) is 19.1 Å². The molecule has 4 nitrogen and oxygen atoms in total. The van der Waals surface area contributed by atoms with Gasteiger partial charge in [0.1, 0.15) is 11.4 Å². The van der Waals surface area contributed by atoms with Crippen LogP contribution in [-0.4, -0.2) is 29.5 Å². The molecule has 2 atom stereocenters. The first-order valence-electron chi connectivity index (χ1n) is 5.89. The number of cyclic esters (lactones) is 1. The molecule has 0 unspecified atom stereocenters. The molecule has 98 valence electrons. The summed E-state index contributed by atoms with van der Waals surface area (Å²) in [7, 11) is 0. The highest BCUT2D eigenvalue weighted by atomic mass is 79.9. The van der Waals surface area contributed by atoms with E-state index in [4.69, 9.17) is 9.47 Å². The first kappa shape index (κ1) is 14.5. The highest BCUT2D eigenvalue weighted by Crippen LogP contribution is 2.31. The van der Waals surface area contributed by atoms with E-state index in [9.17, 15) is 9.59 Å². The van der Waals surface area contributed by atoms with Gasteiger partial charge < -0.3 is 9.47 Å². The van der Waals surface area contributed by atoms with E-state index in [1.54, 1.807) is 0 Å². The van der Waals surface area contributed by atoms with Gasteiger partial charge in [-0.1, -0.05) is 49.5 Å². The summed E-state index contributed by atoms with van der Waals surface area (Å²) >= 11 is 3.28. The number of ether oxygens (including phenoxy) is 2. The zero-order chi connectivity index (χ0) is 13.1. The Kier molecular flexibility index (Phi) is 4.98. The lowest BCUT2D eigenvalue weighted by Crippen LogP contribution is -2.37. The number of carbonyl (C=O) groups is 2. The van der Waals surface area contributed by atoms with Crippen molar-refractivity contribution in [1.82, 2.24) is 0 Å². The van der Waals surface area contributed by atoms with Crippen LogP contribution in [0, 0.1) is 5.41 Å². The zero-order valence-corrected chi connectivity index (χ0v) is 12.1. The molecular weight excluding hydrogens is 288 g/mol. The Morgan fingerprint density at radius 2 is 2.29 bits per heavy atom. The molecule has 0 saturated carbocycles. The summed E-state index contributed by atoms with van der Waals surface area (Å²) in [6, 6.07) is 0. The summed E-state index contributed by atoms with van der Waals surface area (Å²) < 4.78 is 10.1. The SMILES string of the molecule is CCCC[C@H](Br)C(=O)O[C@H]1C(=O)OCC1(C)C. The number of rotatable bonds is 5. The minimum absolute atomic E-state index is 0.297. The van der Waals surface area contributed by atoms with E-state index in [1.807, 2.05) is 13.8 Å². The average molecular weight is 307 g/mol. The summed E-state index contributed by atoms with van der Waals surface area (Å²) in [5.74, 6) is -0.825. The van der Waals surface area contributed by atoms with Crippen molar-refractivity contribution in [2.75, 3.05) is 6.61 Å². The molecular formula is C12H19BrO4. The Hall–Kier alpha value is -0.580. The van der Waals surface area contributed by atoms with Crippen molar-refractivity contribution in [2.45, 2.75) is 51.0 Å². The van der Waals surface area contributed by atoms with Gasteiger partial charge in [0.15, 0.2) is 0 Å². The first-order chi connectivity index (χ1) is 7.88. The molecule has 1 aliphatic heterocycles. The topological polar surface area (TPSA) is 52.6 Å². The Morgan fingerprint density at radius 1 is 1.65 bits per heavy atom. The number of alkyl halides is 1. The van der Waals surface area contributed by atoms with Crippen molar-refractivity contribution >= 4 is 27.9 Å². The highest BCUT2D eigenvalue weighted by Gasteiger charge is 2.47. The smallest absolute Gasteiger partial charge is 0.348 e. The van der Waals surface area contributed by atoms with Crippen LogP contribution in [0.2, 0.25) is 0 Å². The lowest BCUT2D eigenvalue weighted by Gasteiger charge is -2.22. The molecule has 0 aromatic heterocycles. The molecule has 0 spiro atoms. The molecule has 0 aromatic carbocycles. The standard InChI is InChI=1S/C12H19BrO4/c1-4-5-6-8(13)10(14)17-9-11(15)16-7-12(9,2)3/h8-9H,4-7H2,1-3H3/t8-,9-/m0/s1. The van der Waals surface area contributed by atoms with Gasteiger partial charge in [-0.15, -0.1) is 0 Å². The van der Waals surface area contributed by atoms with Crippen molar-refractivity contribution < 1.29 is 19.1 Å². The third kappa shape index (κ3) is 3.69. The summed E-state index contributed by atoms with van der Waals surface area (Å²) in [6.45, 7) is 6.06. The van der Waals surface area contributed by atoms with Gasteiger partial charge in [0.2, 0.25) is 6.10 Å². The Morgan fingerprint density at radius 3 is 2.76 bits per heavy atom. The van der Waals surface area contributed by atoms with Crippen LogP contribution in [0.5, 0.6) is 0 Å². The second kappa shape index (κ2) is 5.85. The van der Waals surface area contributed by atoms with Crippen molar-refractivity contribution in [1.29, 1.82) is 0 Å². The molecule has 0 radical (unpaired) electrons.